The van der Waals surface area contributed by atoms with Gasteiger partial charge in [0.2, 0.25) is 0 Å². The molecule has 0 fully saturated rings. The van der Waals surface area contributed by atoms with Crippen LogP contribution in [-0.2, 0) is 12.8 Å². The molecule has 1 aromatic carbocycles. The Bertz CT molecular complexity index is 721. The number of rotatable bonds is 5. The van der Waals surface area contributed by atoms with E-state index in [2.05, 4.69) is 27.6 Å². The SMILES string of the molecule is C=C(NNC(=O)c1n[nH]c2c1CCC2)c1cccc(OC)c1. The summed E-state index contributed by atoms with van der Waals surface area (Å²) in [6.45, 7) is 3.92. The number of aromatic nitrogens is 2. The third-order valence-corrected chi connectivity index (χ3v) is 3.77. The molecule has 0 saturated heterocycles. The van der Waals surface area contributed by atoms with E-state index in [1.165, 1.54) is 0 Å². The molecular weight excluding hydrogens is 280 g/mol. The second-order valence-electron chi connectivity index (χ2n) is 5.17. The Morgan fingerprint density at radius 2 is 2.23 bits per heavy atom. The third-order valence-electron chi connectivity index (χ3n) is 3.77. The lowest BCUT2D eigenvalue weighted by atomic mass is 10.1. The lowest BCUT2D eigenvalue weighted by molar-refractivity contribution is 0.0936. The van der Waals surface area contributed by atoms with Crippen LogP contribution in [0.1, 0.15) is 33.7 Å². The van der Waals surface area contributed by atoms with Crippen molar-refractivity contribution in [3.63, 3.8) is 0 Å². The molecule has 0 aliphatic heterocycles. The number of aromatic amines is 1. The monoisotopic (exact) mass is 298 g/mol. The second kappa shape index (κ2) is 5.93. The molecule has 1 amide bonds. The fourth-order valence-electron chi connectivity index (χ4n) is 2.58. The van der Waals surface area contributed by atoms with Gasteiger partial charge in [-0.1, -0.05) is 18.7 Å². The molecule has 0 saturated carbocycles. The zero-order valence-electron chi connectivity index (χ0n) is 12.4. The standard InChI is InChI=1S/C16H18N4O2/c1-10(11-5-3-6-12(9-11)22-2)17-20-16(21)15-13-7-4-8-14(13)18-19-15/h3,5-6,9,17H,1,4,7-8H2,2H3,(H,18,19)(H,20,21). The average Bonchev–Trinajstić information content (AvgIpc) is 3.15. The van der Waals surface area contributed by atoms with Gasteiger partial charge in [0, 0.05) is 16.8 Å². The van der Waals surface area contributed by atoms with Crippen LogP contribution in [0.4, 0.5) is 0 Å². The minimum absolute atomic E-state index is 0.261. The highest BCUT2D eigenvalue weighted by atomic mass is 16.5. The Morgan fingerprint density at radius 3 is 3.05 bits per heavy atom. The summed E-state index contributed by atoms with van der Waals surface area (Å²) >= 11 is 0. The van der Waals surface area contributed by atoms with Gasteiger partial charge in [-0.05, 0) is 31.4 Å². The number of benzene rings is 1. The fraction of sp³-hybridized carbons (Fsp3) is 0.250. The number of nitrogens with one attached hydrogen (secondary N) is 3. The van der Waals surface area contributed by atoms with Gasteiger partial charge in [0.05, 0.1) is 12.8 Å². The molecule has 1 aromatic heterocycles. The van der Waals surface area contributed by atoms with Gasteiger partial charge in [-0.25, -0.2) is 0 Å². The summed E-state index contributed by atoms with van der Waals surface area (Å²) in [7, 11) is 1.61. The van der Waals surface area contributed by atoms with Gasteiger partial charge in [0.15, 0.2) is 5.69 Å². The van der Waals surface area contributed by atoms with Crippen LogP contribution in [0.5, 0.6) is 5.75 Å². The van der Waals surface area contributed by atoms with E-state index in [1.54, 1.807) is 7.11 Å². The molecule has 22 heavy (non-hydrogen) atoms. The molecule has 6 nitrogen and oxygen atoms in total. The fourth-order valence-corrected chi connectivity index (χ4v) is 2.58. The van der Waals surface area contributed by atoms with Gasteiger partial charge in [-0.3, -0.25) is 20.7 Å². The van der Waals surface area contributed by atoms with Gasteiger partial charge in [-0.15, -0.1) is 0 Å². The van der Waals surface area contributed by atoms with Crippen molar-refractivity contribution in [2.45, 2.75) is 19.3 Å². The van der Waals surface area contributed by atoms with Crippen molar-refractivity contribution in [2.75, 3.05) is 7.11 Å². The lowest BCUT2D eigenvalue weighted by Gasteiger charge is -2.11. The molecule has 6 heteroatoms. The van der Waals surface area contributed by atoms with Crippen LogP contribution in [0.3, 0.4) is 0 Å². The van der Waals surface area contributed by atoms with Crippen LogP contribution in [-0.4, -0.2) is 23.2 Å². The molecule has 1 heterocycles. The van der Waals surface area contributed by atoms with E-state index in [0.717, 1.165) is 41.8 Å². The maximum atomic E-state index is 12.2. The molecule has 0 atom stereocenters. The second-order valence-corrected chi connectivity index (χ2v) is 5.17. The first-order valence-corrected chi connectivity index (χ1v) is 7.15. The van der Waals surface area contributed by atoms with Gasteiger partial charge < -0.3 is 4.74 Å². The van der Waals surface area contributed by atoms with Crippen molar-refractivity contribution < 1.29 is 9.53 Å². The van der Waals surface area contributed by atoms with E-state index in [1.807, 2.05) is 24.3 Å². The quantitative estimate of drug-likeness (QED) is 0.736. The molecule has 0 spiro atoms. The number of carbonyl (C=O) groups is 1. The van der Waals surface area contributed by atoms with Gasteiger partial charge >= 0.3 is 0 Å². The first-order valence-electron chi connectivity index (χ1n) is 7.15. The van der Waals surface area contributed by atoms with Gasteiger partial charge in [0.1, 0.15) is 5.75 Å². The Morgan fingerprint density at radius 1 is 1.36 bits per heavy atom. The summed E-state index contributed by atoms with van der Waals surface area (Å²) in [5, 5.41) is 7.01. The number of ether oxygens (including phenoxy) is 1. The third kappa shape index (κ3) is 2.67. The van der Waals surface area contributed by atoms with E-state index in [9.17, 15) is 4.79 Å². The number of hydrogen-bond donors (Lipinski definition) is 3. The van der Waals surface area contributed by atoms with Crippen LogP contribution >= 0.6 is 0 Å². The van der Waals surface area contributed by atoms with Crippen molar-refractivity contribution >= 4 is 11.6 Å². The van der Waals surface area contributed by atoms with E-state index in [4.69, 9.17) is 4.74 Å². The predicted octanol–water partition coefficient (Wildman–Crippen LogP) is 1.81. The number of nitrogens with zero attached hydrogens (tertiary/aromatic N) is 1. The smallest absolute Gasteiger partial charge is 0.290 e. The summed E-state index contributed by atoms with van der Waals surface area (Å²) in [4.78, 5) is 12.2. The highest BCUT2D eigenvalue weighted by Gasteiger charge is 2.22. The van der Waals surface area contributed by atoms with Crippen molar-refractivity contribution in [2.24, 2.45) is 0 Å². The number of amides is 1. The molecular formula is C16H18N4O2. The Hall–Kier alpha value is -2.76. The summed E-state index contributed by atoms with van der Waals surface area (Å²) in [5.41, 5.74) is 9.43. The van der Waals surface area contributed by atoms with Crippen molar-refractivity contribution in [3.05, 3.63) is 53.4 Å². The van der Waals surface area contributed by atoms with Crippen molar-refractivity contribution in [3.8, 4) is 5.75 Å². The van der Waals surface area contributed by atoms with Crippen LogP contribution in [0, 0.1) is 0 Å². The molecule has 0 radical (unpaired) electrons. The number of fused-ring (bicyclic) bond motifs is 1. The maximum absolute atomic E-state index is 12.2. The van der Waals surface area contributed by atoms with Gasteiger partial charge in [0.25, 0.3) is 5.91 Å². The van der Waals surface area contributed by atoms with Crippen molar-refractivity contribution in [1.29, 1.82) is 0 Å². The highest BCUT2D eigenvalue weighted by molar-refractivity contribution is 5.94. The maximum Gasteiger partial charge on any atom is 0.290 e. The Kier molecular flexibility index (Phi) is 3.82. The molecule has 0 bridgehead atoms. The van der Waals surface area contributed by atoms with Crippen LogP contribution < -0.4 is 15.6 Å². The Balaban J connectivity index is 1.64. The molecule has 3 N–H and O–H groups in total. The topological polar surface area (TPSA) is 79.0 Å². The van der Waals surface area contributed by atoms with Gasteiger partial charge in [-0.2, -0.15) is 5.10 Å². The number of H-pyrrole nitrogens is 1. The number of methoxy groups -OCH3 is 1. The summed E-state index contributed by atoms with van der Waals surface area (Å²) < 4.78 is 5.17. The van der Waals surface area contributed by atoms with E-state index < -0.39 is 0 Å². The zero-order chi connectivity index (χ0) is 15.5. The molecule has 3 rings (SSSR count). The highest BCUT2D eigenvalue weighted by Crippen LogP contribution is 2.22. The van der Waals surface area contributed by atoms with Crippen LogP contribution in [0.15, 0.2) is 30.8 Å². The lowest BCUT2D eigenvalue weighted by Crippen LogP contribution is -2.36. The minimum atomic E-state index is -0.261. The number of carbonyl (C=O) groups excluding carboxylic acids is 1. The van der Waals surface area contributed by atoms with E-state index in [0.29, 0.717) is 11.4 Å². The number of hydrazine groups is 1. The van der Waals surface area contributed by atoms with E-state index >= 15 is 0 Å². The largest absolute Gasteiger partial charge is 0.497 e. The molecule has 114 valence electrons. The molecule has 2 aromatic rings. The van der Waals surface area contributed by atoms with E-state index in [-0.39, 0.29) is 5.91 Å². The number of hydrogen-bond acceptors (Lipinski definition) is 4. The predicted molar refractivity (Wildman–Crippen MR) is 83.2 cm³/mol. The zero-order valence-corrected chi connectivity index (χ0v) is 12.4. The first-order chi connectivity index (χ1) is 10.7. The average molecular weight is 298 g/mol. The number of aryl methyl sites for hydroxylation is 1. The minimum Gasteiger partial charge on any atom is -0.497 e. The normalized spacial score (nSPS) is 12.6. The van der Waals surface area contributed by atoms with Crippen molar-refractivity contribution in [1.82, 2.24) is 21.0 Å². The summed E-state index contributed by atoms with van der Waals surface area (Å²) in [6.07, 6.45) is 2.92. The molecule has 0 unspecified atom stereocenters. The molecule has 1 aliphatic rings. The first kappa shape index (κ1) is 14.2. The van der Waals surface area contributed by atoms with Crippen LogP contribution in [0.2, 0.25) is 0 Å². The van der Waals surface area contributed by atoms with Crippen LogP contribution in [0.25, 0.3) is 5.70 Å². The summed E-state index contributed by atoms with van der Waals surface area (Å²) in [5.74, 6) is 0.473. The molecule has 1 aliphatic carbocycles. The summed E-state index contributed by atoms with van der Waals surface area (Å²) in [6, 6.07) is 7.44. The Labute approximate surface area is 128 Å².